The minimum atomic E-state index is 0.368. The second-order valence-corrected chi connectivity index (χ2v) is 5.06. The maximum Gasteiger partial charge on any atom is 0.238 e. The van der Waals surface area contributed by atoms with Gasteiger partial charge < -0.3 is 10.5 Å². The SMILES string of the molecule is NCc1ccc(Oc2ccc3ccccc3c2Br)nn1. The topological polar surface area (TPSA) is 61.0 Å². The van der Waals surface area contributed by atoms with Gasteiger partial charge in [-0.05, 0) is 38.8 Å². The Kier molecular flexibility index (Phi) is 3.62. The molecule has 0 fully saturated rings. The highest BCUT2D eigenvalue weighted by Crippen LogP contribution is 2.35. The predicted molar refractivity (Wildman–Crippen MR) is 81.6 cm³/mol. The molecule has 1 heterocycles. The molecule has 3 aromatic rings. The first kappa shape index (κ1) is 13.0. The van der Waals surface area contributed by atoms with Gasteiger partial charge in [0.25, 0.3) is 0 Å². The van der Waals surface area contributed by atoms with Crippen LogP contribution in [0.2, 0.25) is 0 Å². The zero-order chi connectivity index (χ0) is 13.9. The molecule has 0 spiro atoms. The fourth-order valence-corrected chi connectivity index (χ4v) is 2.49. The largest absolute Gasteiger partial charge is 0.436 e. The zero-order valence-electron chi connectivity index (χ0n) is 10.6. The van der Waals surface area contributed by atoms with E-state index >= 15 is 0 Å². The molecule has 0 unspecified atom stereocenters. The Morgan fingerprint density at radius 3 is 2.60 bits per heavy atom. The van der Waals surface area contributed by atoms with Crippen LogP contribution in [-0.4, -0.2) is 10.2 Å². The van der Waals surface area contributed by atoms with Gasteiger partial charge in [0, 0.05) is 12.6 Å². The Labute approximate surface area is 124 Å². The van der Waals surface area contributed by atoms with Gasteiger partial charge in [-0.2, -0.15) is 5.10 Å². The number of hydrogen-bond acceptors (Lipinski definition) is 4. The molecule has 0 saturated carbocycles. The van der Waals surface area contributed by atoms with E-state index in [0.717, 1.165) is 20.9 Å². The maximum atomic E-state index is 5.76. The second kappa shape index (κ2) is 5.56. The van der Waals surface area contributed by atoms with Crippen LogP contribution in [0, 0.1) is 0 Å². The van der Waals surface area contributed by atoms with Gasteiger partial charge in [0.05, 0.1) is 10.2 Å². The summed E-state index contributed by atoms with van der Waals surface area (Å²) in [5, 5.41) is 10.2. The molecule has 2 aromatic carbocycles. The average molecular weight is 330 g/mol. The number of aromatic nitrogens is 2. The summed E-state index contributed by atoms with van der Waals surface area (Å²) >= 11 is 3.57. The third-order valence-corrected chi connectivity index (χ3v) is 3.76. The summed E-state index contributed by atoms with van der Waals surface area (Å²) in [6.45, 7) is 0.368. The van der Waals surface area contributed by atoms with Gasteiger partial charge in [0.15, 0.2) is 0 Å². The van der Waals surface area contributed by atoms with Crippen molar-refractivity contribution in [3.8, 4) is 11.6 Å². The van der Waals surface area contributed by atoms with Gasteiger partial charge >= 0.3 is 0 Å². The molecule has 0 saturated heterocycles. The van der Waals surface area contributed by atoms with Gasteiger partial charge in [0.1, 0.15) is 5.75 Å². The number of halogens is 1. The lowest BCUT2D eigenvalue weighted by atomic mass is 10.1. The molecular weight excluding hydrogens is 318 g/mol. The number of fused-ring (bicyclic) bond motifs is 1. The highest BCUT2D eigenvalue weighted by atomic mass is 79.9. The Bertz CT molecular complexity index is 744. The highest BCUT2D eigenvalue weighted by Gasteiger charge is 2.08. The lowest BCUT2D eigenvalue weighted by molar-refractivity contribution is 0.452. The van der Waals surface area contributed by atoms with Crippen molar-refractivity contribution in [2.24, 2.45) is 5.73 Å². The number of rotatable bonds is 3. The number of nitrogens with zero attached hydrogens (tertiary/aromatic N) is 2. The Balaban J connectivity index is 1.95. The van der Waals surface area contributed by atoms with Gasteiger partial charge in [0.2, 0.25) is 5.88 Å². The summed E-state index contributed by atoms with van der Waals surface area (Å²) in [6, 6.07) is 15.6. The Hall–Kier alpha value is -1.98. The van der Waals surface area contributed by atoms with E-state index < -0.39 is 0 Å². The minimum Gasteiger partial charge on any atom is -0.436 e. The first-order chi connectivity index (χ1) is 9.78. The van der Waals surface area contributed by atoms with E-state index in [0.29, 0.717) is 18.2 Å². The van der Waals surface area contributed by atoms with Gasteiger partial charge in [-0.3, -0.25) is 0 Å². The molecule has 5 heteroatoms. The Morgan fingerprint density at radius 1 is 1.00 bits per heavy atom. The maximum absolute atomic E-state index is 5.76. The van der Waals surface area contributed by atoms with Crippen molar-refractivity contribution in [3.63, 3.8) is 0 Å². The monoisotopic (exact) mass is 329 g/mol. The molecule has 0 aliphatic heterocycles. The highest BCUT2D eigenvalue weighted by molar-refractivity contribution is 9.10. The van der Waals surface area contributed by atoms with E-state index in [4.69, 9.17) is 10.5 Å². The lowest BCUT2D eigenvalue weighted by Gasteiger charge is -2.09. The van der Waals surface area contributed by atoms with Crippen LogP contribution in [-0.2, 0) is 6.54 Å². The van der Waals surface area contributed by atoms with E-state index in [9.17, 15) is 0 Å². The van der Waals surface area contributed by atoms with Crippen molar-refractivity contribution in [3.05, 3.63) is 58.7 Å². The van der Waals surface area contributed by atoms with Crippen LogP contribution in [0.15, 0.2) is 53.0 Å². The van der Waals surface area contributed by atoms with E-state index in [1.54, 1.807) is 12.1 Å². The zero-order valence-corrected chi connectivity index (χ0v) is 12.2. The van der Waals surface area contributed by atoms with E-state index in [1.807, 2.05) is 30.3 Å². The standard InChI is InChI=1S/C15H12BrN3O/c16-15-12-4-2-1-3-10(12)5-7-13(15)20-14-8-6-11(9-17)18-19-14/h1-8H,9,17H2. The summed E-state index contributed by atoms with van der Waals surface area (Å²) in [5.41, 5.74) is 6.22. The molecule has 0 radical (unpaired) electrons. The third-order valence-electron chi connectivity index (χ3n) is 2.95. The molecular formula is C15H12BrN3O. The quantitative estimate of drug-likeness (QED) is 0.796. The number of hydrogen-bond donors (Lipinski definition) is 1. The first-order valence-electron chi connectivity index (χ1n) is 6.15. The molecule has 0 atom stereocenters. The van der Waals surface area contributed by atoms with Crippen LogP contribution in [0.5, 0.6) is 11.6 Å². The summed E-state index contributed by atoms with van der Waals surface area (Å²) in [5.74, 6) is 1.15. The molecule has 0 aliphatic carbocycles. The molecule has 0 bridgehead atoms. The van der Waals surface area contributed by atoms with Crippen LogP contribution >= 0.6 is 15.9 Å². The van der Waals surface area contributed by atoms with Gasteiger partial charge in [-0.15, -0.1) is 5.10 Å². The van der Waals surface area contributed by atoms with Crippen molar-refractivity contribution in [2.75, 3.05) is 0 Å². The van der Waals surface area contributed by atoms with Gasteiger partial charge in [-0.25, -0.2) is 0 Å². The number of ether oxygens (including phenoxy) is 1. The Morgan fingerprint density at radius 2 is 1.85 bits per heavy atom. The van der Waals surface area contributed by atoms with Crippen LogP contribution in [0.25, 0.3) is 10.8 Å². The van der Waals surface area contributed by atoms with Crippen molar-refractivity contribution in [2.45, 2.75) is 6.54 Å². The van der Waals surface area contributed by atoms with Crippen LogP contribution < -0.4 is 10.5 Å². The molecule has 4 nitrogen and oxygen atoms in total. The van der Waals surface area contributed by atoms with Crippen LogP contribution in [0.3, 0.4) is 0 Å². The third kappa shape index (κ3) is 2.50. The fourth-order valence-electron chi connectivity index (χ4n) is 1.92. The van der Waals surface area contributed by atoms with E-state index in [-0.39, 0.29) is 0 Å². The summed E-state index contributed by atoms with van der Waals surface area (Å²) in [6.07, 6.45) is 0. The second-order valence-electron chi connectivity index (χ2n) is 4.27. The van der Waals surface area contributed by atoms with E-state index in [2.05, 4.69) is 32.2 Å². The van der Waals surface area contributed by atoms with Crippen LogP contribution in [0.4, 0.5) is 0 Å². The molecule has 100 valence electrons. The summed E-state index contributed by atoms with van der Waals surface area (Å²) in [4.78, 5) is 0. The average Bonchev–Trinajstić information content (AvgIpc) is 2.51. The smallest absolute Gasteiger partial charge is 0.238 e. The molecule has 3 rings (SSSR count). The number of nitrogens with two attached hydrogens (primary N) is 1. The first-order valence-corrected chi connectivity index (χ1v) is 6.95. The van der Waals surface area contributed by atoms with E-state index in [1.165, 1.54) is 0 Å². The van der Waals surface area contributed by atoms with Gasteiger partial charge in [-0.1, -0.05) is 30.3 Å². The molecule has 2 N–H and O–H groups in total. The molecule has 1 aromatic heterocycles. The normalized spacial score (nSPS) is 10.7. The minimum absolute atomic E-state index is 0.368. The predicted octanol–water partition coefficient (Wildman–Crippen LogP) is 3.64. The molecule has 0 amide bonds. The van der Waals surface area contributed by atoms with Crippen molar-refractivity contribution < 1.29 is 4.74 Å². The molecule has 20 heavy (non-hydrogen) atoms. The van der Waals surface area contributed by atoms with Crippen LogP contribution in [0.1, 0.15) is 5.69 Å². The summed E-state index contributed by atoms with van der Waals surface area (Å²) in [7, 11) is 0. The lowest BCUT2D eigenvalue weighted by Crippen LogP contribution is -2.01. The summed E-state index contributed by atoms with van der Waals surface area (Å²) < 4.78 is 6.66. The van der Waals surface area contributed by atoms with Crippen molar-refractivity contribution in [1.82, 2.24) is 10.2 Å². The van der Waals surface area contributed by atoms with Crippen molar-refractivity contribution in [1.29, 1.82) is 0 Å². The fraction of sp³-hybridized carbons (Fsp3) is 0.0667. The molecule has 0 aliphatic rings. The number of benzene rings is 2. The van der Waals surface area contributed by atoms with Crippen molar-refractivity contribution >= 4 is 26.7 Å².